The van der Waals surface area contributed by atoms with Crippen molar-refractivity contribution in [1.29, 1.82) is 0 Å². The van der Waals surface area contributed by atoms with Crippen LogP contribution in [0.25, 0.3) is 11.4 Å². The zero-order chi connectivity index (χ0) is 16.4. The molecule has 0 atom stereocenters. The van der Waals surface area contributed by atoms with Gasteiger partial charge in [-0.05, 0) is 18.2 Å². The molecule has 0 saturated heterocycles. The van der Waals surface area contributed by atoms with E-state index in [1.165, 1.54) is 4.57 Å². The molecule has 0 unspecified atom stereocenters. The number of hydrogen-bond donors (Lipinski definition) is 0. The highest BCUT2D eigenvalue weighted by Gasteiger charge is 2.16. The van der Waals surface area contributed by atoms with Crippen molar-refractivity contribution in [1.82, 2.24) is 19.5 Å². The Morgan fingerprint density at radius 2 is 2.00 bits per heavy atom. The highest BCUT2D eigenvalue weighted by molar-refractivity contribution is 5.61. The fourth-order valence-corrected chi connectivity index (χ4v) is 2.33. The summed E-state index contributed by atoms with van der Waals surface area (Å²) in [5.41, 5.74) is 1.57. The Balaban J connectivity index is 2.02. The smallest absolute Gasteiger partial charge is 0.442 e. The Morgan fingerprint density at radius 3 is 2.65 bits per heavy atom. The van der Waals surface area contributed by atoms with Crippen LogP contribution in [0, 0.1) is 0 Å². The van der Waals surface area contributed by atoms with Crippen LogP contribution in [0.5, 0.6) is 11.5 Å². The van der Waals surface area contributed by atoms with Crippen LogP contribution in [0.3, 0.4) is 0 Å². The first kappa shape index (κ1) is 14.9. The molecular weight excluding hydrogens is 300 g/mol. The van der Waals surface area contributed by atoms with Crippen molar-refractivity contribution in [2.75, 3.05) is 14.2 Å². The molecule has 0 spiro atoms. The predicted octanol–water partition coefficient (Wildman–Crippen LogP) is 1.30. The van der Waals surface area contributed by atoms with Gasteiger partial charge < -0.3 is 9.47 Å². The molecule has 0 fully saturated rings. The number of rotatable bonds is 5. The van der Waals surface area contributed by atoms with E-state index in [4.69, 9.17) is 14.0 Å². The summed E-state index contributed by atoms with van der Waals surface area (Å²) in [6, 6.07) is 5.29. The van der Waals surface area contributed by atoms with E-state index in [0.717, 1.165) is 5.56 Å². The van der Waals surface area contributed by atoms with Gasteiger partial charge in [0.2, 0.25) is 0 Å². The number of aryl methyl sites for hydroxylation is 1. The van der Waals surface area contributed by atoms with Crippen LogP contribution >= 0.6 is 0 Å². The van der Waals surface area contributed by atoms with Crippen LogP contribution in [-0.4, -0.2) is 33.7 Å². The highest BCUT2D eigenvalue weighted by Crippen LogP contribution is 2.31. The van der Waals surface area contributed by atoms with Gasteiger partial charge in [0.05, 0.1) is 27.0 Å². The summed E-state index contributed by atoms with van der Waals surface area (Å²) >= 11 is 0. The highest BCUT2D eigenvalue weighted by atomic mass is 16.5. The molecule has 0 N–H and O–H groups in total. The summed E-state index contributed by atoms with van der Waals surface area (Å²) in [6.45, 7) is 0.319. The number of nitrogens with zero attached hydrogens (tertiary/aromatic N) is 4. The second kappa shape index (κ2) is 5.99. The molecule has 0 radical (unpaired) electrons. The van der Waals surface area contributed by atoms with Gasteiger partial charge in [-0.25, -0.2) is 4.79 Å². The molecule has 1 aromatic carbocycles. The zero-order valence-electron chi connectivity index (χ0n) is 13.0. The average Bonchev–Trinajstić information content (AvgIpc) is 3.13. The SMILES string of the molecule is COc1ccc(-c2noc(=O)n2Cc2cnn(C)c2)cc1OC. The lowest BCUT2D eigenvalue weighted by atomic mass is 10.2. The molecule has 8 heteroatoms. The first-order valence-electron chi connectivity index (χ1n) is 6.89. The molecule has 0 aliphatic carbocycles. The first-order chi connectivity index (χ1) is 11.1. The molecule has 8 nitrogen and oxygen atoms in total. The van der Waals surface area contributed by atoms with Gasteiger partial charge in [0.25, 0.3) is 0 Å². The predicted molar refractivity (Wildman–Crippen MR) is 81.6 cm³/mol. The molecule has 3 rings (SSSR count). The van der Waals surface area contributed by atoms with Crippen molar-refractivity contribution in [2.24, 2.45) is 7.05 Å². The van der Waals surface area contributed by atoms with Crippen LogP contribution in [0.2, 0.25) is 0 Å². The summed E-state index contributed by atoms with van der Waals surface area (Å²) < 4.78 is 18.4. The van der Waals surface area contributed by atoms with E-state index in [2.05, 4.69) is 10.3 Å². The van der Waals surface area contributed by atoms with Crippen LogP contribution in [0.15, 0.2) is 39.9 Å². The van der Waals surface area contributed by atoms with Crippen molar-refractivity contribution < 1.29 is 14.0 Å². The third-order valence-electron chi connectivity index (χ3n) is 3.43. The molecule has 3 aromatic rings. The normalized spacial score (nSPS) is 10.7. The van der Waals surface area contributed by atoms with Crippen LogP contribution in [-0.2, 0) is 13.6 Å². The van der Waals surface area contributed by atoms with Gasteiger partial charge in [-0.1, -0.05) is 5.16 Å². The number of benzene rings is 1. The molecule has 23 heavy (non-hydrogen) atoms. The Hall–Kier alpha value is -3.03. The van der Waals surface area contributed by atoms with Gasteiger partial charge in [-0.15, -0.1) is 0 Å². The van der Waals surface area contributed by atoms with Crippen molar-refractivity contribution >= 4 is 0 Å². The standard InChI is InChI=1S/C15H16N4O4/c1-18-8-10(7-16-18)9-19-14(17-23-15(19)20)11-4-5-12(21-2)13(6-11)22-3/h4-8H,9H2,1-3H3. The fourth-order valence-electron chi connectivity index (χ4n) is 2.33. The molecule has 2 aromatic heterocycles. The first-order valence-corrected chi connectivity index (χ1v) is 6.89. The van der Waals surface area contributed by atoms with E-state index in [1.807, 2.05) is 13.2 Å². The fraction of sp³-hybridized carbons (Fsp3) is 0.267. The number of methoxy groups -OCH3 is 2. The minimum Gasteiger partial charge on any atom is -0.493 e. The van der Waals surface area contributed by atoms with Crippen molar-refractivity contribution in [3.8, 4) is 22.9 Å². The topological polar surface area (TPSA) is 84.3 Å². The molecule has 0 amide bonds. The van der Waals surface area contributed by atoms with Crippen molar-refractivity contribution in [3.05, 3.63) is 46.7 Å². The quantitative estimate of drug-likeness (QED) is 0.705. The van der Waals surface area contributed by atoms with Gasteiger partial charge in [0.1, 0.15) is 0 Å². The molecule has 2 heterocycles. The van der Waals surface area contributed by atoms with Gasteiger partial charge >= 0.3 is 5.76 Å². The lowest BCUT2D eigenvalue weighted by Gasteiger charge is -2.09. The number of aromatic nitrogens is 4. The number of hydrogen-bond acceptors (Lipinski definition) is 6. The van der Waals surface area contributed by atoms with Crippen LogP contribution < -0.4 is 15.2 Å². The van der Waals surface area contributed by atoms with Crippen molar-refractivity contribution in [3.63, 3.8) is 0 Å². The average molecular weight is 316 g/mol. The second-order valence-electron chi connectivity index (χ2n) is 4.95. The summed E-state index contributed by atoms with van der Waals surface area (Å²) in [7, 11) is 4.92. The monoisotopic (exact) mass is 316 g/mol. The summed E-state index contributed by atoms with van der Waals surface area (Å²) in [5, 5.41) is 7.96. The Kier molecular flexibility index (Phi) is 3.88. The molecular formula is C15H16N4O4. The van der Waals surface area contributed by atoms with E-state index in [1.54, 1.807) is 43.3 Å². The third kappa shape index (κ3) is 2.83. The lowest BCUT2D eigenvalue weighted by molar-refractivity contribution is 0.355. The van der Waals surface area contributed by atoms with E-state index in [-0.39, 0.29) is 0 Å². The maximum Gasteiger partial charge on any atom is 0.442 e. The van der Waals surface area contributed by atoms with Crippen molar-refractivity contribution in [2.45, 2.75) is 6.54 Å². The Labute approximate surface area is 131 Å². The van der Waals surface area contributed by atoms with Crippen LogP contribution in [0.1, 0.15) is 5.56 Å². The third-order valence-corrected chi connectivity index (χ3v) is 3.43. The Morgan fingerprint density at radius 1 is 1.22 bits per heavy atom. The zero-order valence-corrected chi connectivity index (χ0v) is 13.0. The molecule has 120 valence electrons. The lowest BCUT2D eigenvalue weighted by Crippen LogP contribution is -2.16. The summed E-state index contributed by atoms with van der Waals surface area (Å²) in [4.78, 5) is 12.0. The minimum atomic E-state index is -0.529. The van der Waals surface area contributed by atoms with Gasteiger partial charge in [-0.3, -0.25) is 13.8 Å². The largest absolute Gasteiger partial charge is 0.493 e. The summed E-state index contributed by atoms with van der Waals surface area (Å²) in [5.74, 6) is 1.03. The molecule has 0 aliphatic heterocycles. The maximum absolute atomic E-state index is 12.0. The maximum atomic E-state index is 12.0. The van der Waals surface area contributed by atoms with E-state index in [9.17, 15) is 4.79 Å². The van der Waals surface area contributed by atoms with E-state index >= 15 is 0 Å². The minimum absolute atomic E-state index is 0.319. The van der Waals surface area contributed by atoms with Gasteiger partial charge in [-0.2, -0.15) is 5.10 Å². The number of ether oxygens (including phenoxy) is 2. The molecule has 0 aliphatic rings. The van der Waals surface area contributed by atoms with E-state index in [0.29, 0.717) is 29.4 Å². The summed E-state index contributed by atoms with van der Waals surface area (Å²) in [6.07, 6.45) is 3.52. The molecule has 0 saturated carbocycles. The van der Waals surface area contributed by atoms with E-state index < -0.39 is 5.76 Å². The van der Waals surface area contributed by atoms with Gasteiger partial charge in [0, 0.05) is 24.4 Å². The van der Waals surface area contributed by atoms with Crippen LogP contribution in [0.4, 0.5) is 0 Å². The second-order valence-corrected chi connectivity index (χ2v) is 4.95. The molecule has 0 bridgehead atoms. The van der Waals surface area contributed by atoms with Gasteiger partial charge in [0.15, 0.2) is 17.3 Å². The Bertz CT molecular complexity index is 878.